The zero-order valence-electron chi connectivity index (χ0n) is 29.4. The predicted molar refractivity (Wildman–Crippen MR) is 195 cm³/mol. The molecule has 1 saturated carbocycles. The summed E-state index contributed by atoms with van der Waals surface area (Å²) in [4.78, 5) is 31.6. The third-order valence-corrected chi connectivity index (χ3v) is 12.3. The molecule has 2 N–H and O–H groups in total. The number of likely N-dealkylation sites (tertiary alicyclic amines) is 1. The molecule has 266 valence electrons. The molecule has 1 amide bonds. The van der Waals surface area contributed by atoms with Gasteiger partial charge < -0.3 is 24.8 Å². The number of nitrogens with one attached hydrogen (secondary N) is 1. The highest BCUT2D eigenvalue weighted by Crippen LogP contribution is 2.57. The lowest BCUT2D eigenvalue weighted by Crippen LogP contribution is -2.53. The summed E-state index contributed by atoms with van der Waals surface area (Å²) < 4.78 is 12.8. The second-order valence-electron chi connectivity index (χ2n) is 15.3. The van der Waals surface area contributed by atoms with Crippen LogP contribution in [0.15, 0.2) is 54.7 Å². The van der Waals surface area contributed by atoms with E-state index in [2.05, 4.69) is 42.3 Å². The van der Waals surface area contributed by atoms with Gasteiger partial charge in [-0.25, -0.2) is 4.79 Å². The number of aryl methyl sites for hydroxylation is 1. The minimum absolute atomic E-state index is 0.173. The number of nitrogens with zero attached hydrogens (tertiary/aromatic N) is 2. The lowest BCUT2D eigenvalue weighted by atomic mass is 9.59. The molecule has 2 heterocycles. The number of amides is 1. The average molecular weight is 700 g/mol. The van der Waals surface area contributed by atoms with Gasteiger partial charge in [0.1, 0.15) is 23.6 Å². The van der Waals surface area contributed by atoms with Gasteiger partial charge in [0.25, 0.3) is 0 Å². The number of aromatic nitrogens is 1. The summed E-state index contributed by atoms with van der Waals surface area (Å²) in [5, 5.41) is 14.6. The number of aliphatic carboxylic acids is 1. The number of carboxylic acid groups (broad SMARTS) is 1. The summed E-state index contributed by atoms with van der Waals surface area (Å²) in [6.07, 6.45) is 11.2. The highest BCUT2D eigenvalue weighted by atomic mass is 35.5. The summed E-state index contributed by atoms with van der Waals surface area (Å²) in [6.45, 7) is 7.05. The number of anilines is 1. The zero-order chi connectivity index (χ0) is 34.9. The quantitative estimate of drug-likeness (QED) is 0.197. The number of hydrogen-bond acceptors (Lipinski definition) is 6. The molecule has 1 saturated heterocycles. The Morgan fingerprint density at radius 3 is 2.70 bits per heavy atom. The van der Waals surface area contributed by atoms with Gasteiger partial charge in [-0.3, -0.25) is 9.78 Å². The Balaban J connectivity index is 1.11. The maximum atomic E-state index is 13.0. The van der Waals surface area contributed by atoms with E-state index in [-0.39, 0.29) is 11.3 Å². The predicted octanol–water partition coefficient (Wildman–Crippen LogP) is 8.20. The van der Waals surface area contributed by atoms with Crippen LogP contribution in [0.4, 0.5) is 5.69 Å². The molecule has 0 unspecified atom stereocenters. The largest absolute Gasteiger partial charge is 0.493 e. The van der Waals surface area contributed by atoms with Gasteiger partial charge in [-0.1, -0.05) is 37.6 Å². The van der Waals surface area contributed by atoms with Crippen LogP contribution in [0.5, 0.6) is 11.5 Å². The first-order valence-electron chi connectivity index (χ1n) is 18.6. The second kappa shape index (κ2) is 14.5. The smallest absolute Gasteiger partial charge is 0.329 e. The fourth-order valence-corrected chi connectivity index (χ4v) is 9.57. The standard InChI is InChI=1S/C41H50ClN3O5/c1-27(26-50-36-13-18-43-35-9-3-6-28(2)38(35)36)22-30-23-29-11-12-33(49-21-20-45-19-5-10-37(45)46)25-34(29)40(30)14-16-41(17-15-40,39(47)48)44-32-8-4-7-31(42)24-32/h4,7-8,11-13,18,24-25,27-28,30,44H,3,5-6,9-10,14-17,19-23,26H2,1-2H3,(H,47,48)/t27-,28-,30+,40?,41?/m1/s1. The number of hydrogen-bond donors (Lipinski definition) is 2. The van der Waals surface area contributed by atoms with E-state index in [0.717, 1.165) is 62.3 Å². The van der Waals surface area contributed by atoms with Crippen molar-refractivity contribution in [3.05, 3.63) is 82.1 Å². The first-order chi connectivity index (χ1) is 24.2. The van der Waals surface area contributed by atoms with E-state index < -0.39 is 11.5 Å². The van der Waals surface area contributed by atoms with E-state index in [1.165, 1.54) is 35.2 Å². The molecular weight excluding hydrogens is 650 g/mol. The van der Waals surface area contributed by atoms with Crippen molar-refractivity contribution in [2.45, 2.75) is 101 Å². The van der Waals surface area contributed by atoms with E-state index in [1.54, 1.807) is 12.1 Å². The lowest BCUT2D eigenvalue weighted by molar-refractivity contribution is -0.144. The fourth-order valence-electron chi connectivity index (χ4n) is 9.38. The molecule has 1 aromatic heterocycles. The Morgan fingerprint density at radius 2 is 1.94 bits per heavy atom. The average Bonchev–Trinajstić information content (AvgIpc) is 3.64. The Labute approximate surface area is 300 Å². The highest BCUT2D eigenvalue weighted by molar-refractivity contribution is 6.30. The number of ether oxygens (including phenoxy) is 2. The lowest BCUT2D eigenvalue weighted by Gasteiger charge is -2.47. The molecule has 3 aromatic rings. The van der Waals surface area contributed by atoms with Crippen molar-refractivity contribution in [3.8, 4) is 11.5 Å². The SMILES string of the molecule is C[C@@H](COc1ccnc2c1[C@H](C)CCC2)C[C@H]1Cc2ccc(OCCN3CCCC3=O)cc2C12CCC(Nc1cccc(Cl)c1)(C(=O)O)CC2. The molecule has 4 aliphatic rings. The molecule has 7 rings (SSSR count). The van der Waals surface area contributed by atoms with Crippen molar-refractivity contribution in [2.75, 3.05) is 31.6 Å². The van der Waals surface area contributed by atoms with Crippen molar-refractivity contribution in [1.82, 2.24) is 9.88 Å². The number of carbonyl (C=O) groups is 2. The van der Waals surface area contributed by atoms with Crippen LogP contribution in [0.2, 0.25) is 5.02 Å². The number of halogens is 1. The number of rotatable bonds is 12. The van der Waals surface area contributed by atoms with Crippen molar-refractivity contribution < 1.29 is 24.2 Å². The van der Waals surface area contributed by atoms with Crippen LogP contribution in [0, 0.1) is 11.8 Å². The maximum absolute atomic E-state index is 13.0. The Bertz CT molecular complexity index is 1720. The molecule has 50 heavy (non-hydrogen) atoms. The number of carbonyl (C=O) groups excluding carboxylic acids is 1. The summed E-state index contributed by atoms with van der Waals surface area (Å²) in [5.41, 5.74) is 4.56. The Morgan fingerprint density at radius 1 is 1.10 bits per heavy atom. The van der Waals surface area contributed by atoms with Gasteiger partial charge in [-0.15, -0.1) is 0 Å². The van der Waals surface area contributed by atoms with Gasteiger partial charge in [-0.05, 0) is 135 Å². The Kier molecular flexibility index (Phi) is 10.0. The number of fused-ring (bicyclic) bond motifs is 3. The fraction of sp³-hybridized carbons (Fsp3) is 0.537. The maximum Gasteiger partial charge on any atom is 0.329 e. The van der Waals surface area contributed by atoms with Crippen LogP contribution >= 0.6 is 11.6 Å². The minimum atomic E-state index is -1.08. The second-order valence-corrected chi connectivity index (χ2v) is 15.8. The zero-order valence-corrected chi connectivity index (χ0v) is 30.1. The number of pyridine rings is 1. The van der Waals surface area contributed by atoms with Crippen molar-refractivity contribution in [3.63, 3.8) is 0 Å². The van der Waals surface area contributed by atoms with Crippen molar-refractivity contribution in [2.24, 2.45) is 11.8 Å². The van der Waals surface area contributed by atoms with Gasteiger partial charge in [0.15, 0.2) is 0 Å². The normalized spacial score (nSPS) is 26.4. The summed E-state index contributed by atoms with van der Waals surface area (Å²) >= 11 is 6.28. The first kappa shape index (κ1) is 34.7. The van der Waals surface area contributed by atoms with Crippen molar-refractivity contribution >= 4 is 29.2 Å². The van der Waals surface area contributed by atoms with Crippen LogP contribution in [-0.4, -0.2) is 58.7 Å². The monoisotopic (exact) mass is 699 g/mol. The number of carboxylic acids is 1. The molecular formula is C41H50ClN3O5. The molecule has 3 atom stereocenters. The summed E-state index contributed by atoms with van der Waals surface area (Å²) in [6, 6.07) is 15.8. The van der Waals surface area contributed by atoms with Crippen LogP contribution in [0.25, 0.3) is 0 Å². The molecule has 8 nitrogen and oxygen atoms in total. The first-order valence-corrected chi connectivity index (χ1v) is 19.0. The third kappa shape index (κ3) is 6.92. The van der Waals surface area contributed by atoms with E-state index in [0.29, 0.717) is 61.8 Å². The van der Waals surface area contributed by atoms with E-state index >= 15 is 0 Å². The summed E-state index contributed by atoms with van der Waals surface area (Å²) in [7, 11) is 0. The summed E-state index contributed by atoms with van der Waals surface area (Å²) in [5.74, 6) is 2.27. The van der Waals surface area contributed by atoms with Gasteiger partial charge in [0.05, 0.1) is 13.2 Å². The third-order valence-electron chi connectivity index (χ3n) is 12.1. The molecule has 2 fully saturated rings. The Hall–Kier alpha value is -3.78. The van der Waals surface area contributed by atoms with Crippen LogP contribution in [0.1, 0.15) is 99.9 Å². The van der Waals surface area contributed by atoms with Crippen molar-refractivity contribution in [1.29, 1.82) is 0 Å². The van der Waals surface area contributed by atoms with Crippen LogP contribution < -0.4 is 14.8 Å². The molecule has 0 radical (unpaired) electrons. The van der Waals surface area contributed by atoms with Crippen LogP contribution in [0.3, 0.4) is 0 Å². The highest BCUT2D eigenvalue weighted by Gasteiger charge is 2.54. The van der Waals surface area contributed by atoms with Gasteiger partial charge >= 0.3 is 5.97 Å². The molecule has 1 aliphatic heterocycles. The molecule has 1 spiro atoms. The molecule has 2 aromatic carbocycles. The van der Waals surface area contributed by atoms with Gasteiger partial charge in [0.2, 0.25) is 5.91 Å². The topological polar surface area (TPSA) is 101 Å². The van der Waals surface area contributed by atoms with E-state index in [1.807, 2.05) is 29.3 Å². The van der Waals surface area contributed by atoms with E-state index in [4.69, 9.17) is 21.1 Å². The van der Waals surface area contributed by atoms with Crippen LogP contribution in [-0.2, 0) is 27.8 Å². The molecule has 3 aliphatic carbocycles. The molecule has 0 bridgehead atoms. The minimum Gasteiger partial charge on any atom is -0.493 e. The van der Waals surface area contributed by atoms with Gasteiger partial charge in [-0.2, -0.15) is 0 Å². The number of benzene rings is 2. The van der Waals surface area contributed by atoms with Gasteiger partial charge in [0, 0.05) is 41.1 Å². The molecule has 9 heteroatoms. The van der Waals surface area contributed by atoms with E-state index in [9.17, 15) is 14.7 Å².